The van der Waals surface area contributed by atoms with Crippen molar-refractivity contribution in [1.82, 2.24) is 4.98 Å². The minimum absolute atomic E-state index is 0.186. The number of hydrogen-bond donors (Lipinski definition) is 1. The van der Waals surface area contributed by atoms with Crippen LogP contribution in [0, 0.1) is 11.3 Å². The SMILES string of the molecule is CCCCC.CCCCc1ccc(CN(Cc2ccc(CCCC)cc2)c2ccc(N=Nc3nc4ccc(C#N)cc4s3)c(NC(C)=O)c2)cc1. The second kappa shape index (κ2) is 20.7. The fraction of sp³-hybridized carbons (Fsp3) is 0.372. The van der Waals surface area contributed by atoms with Crippen LogP contribution in [-0.4, -0.2) is 10.9 Å². The first-order valence-corrected chi connectivity index (χ1v) is 19.2. The summed E-state index contributed by atoms with van der Waals surface area (Å²) in [6.07, 6.45) is 11.0. The zero-order valence-electron chi connectivity index (χ0n) is 30.9. The van der Waals surface area contributed by atoms with E-state index in [2.05, 4.69) is 108 Å². The lowest BCUT2D eigenvalue weighted by Gasteiger charge is -2.26. The Hall–Kier alpha value is -4.87. The predicted octanol–water partition coefficient (Wildman–Crippen LogP) is 12.6. The lowest BCUT2D eigenvalue weighted by atomic mass is 10.0. The van der Waals surface area contributed by atoms with E-state index in [-0.39, 0.29) is 5.91 Å². The van der Waals surface area contributed by atoms with E-state index in [4.69, 9.17) is 0 Å². The van der Waals surface area contributed by atoms with Crippen molar-refractivity contribution in [3.8, 4) is 6.07 Å². The lowest BCUT2D eigenvalue weighted by Crippen LogP contribution is -2.22. The van der Waals surface area contributed by atoms with Crippen molar-refractivity contribution in [3.05, 3.63) is 113 Å². The Morgan fingerprint density at radius 1 is 0.745 bits per heavy atom. The van der Waals surface area contributed by atoms with Crippen LogP contribution in [0.4, 0.5) is 22.2 Å². The molecule has 4 aromatic carbocycles. The number of nitrogens with one attached hydrogen (secondary N) is 1. The molecular formula is C43H52N6OS. The third-order valence-corrected chi connectivity index (χ3v) is 9.45. The number of azo groups is 1. The number of thiazole rings is 1. The number of amides is 1. The highest BCUT2D eigenvalue weighted by molar-refractivity contribution is 7.21. The minimum atomic E-state index is -0.186. The molecule has 51 heavy (non-hydrogen) atoms. The van der Waals surface area contributed by atoms with E-state index in [0.717, 1.165) is 28.7 Å². The first-order valence-electron chi connectivity index (χ1n) is 18.4. The van der Waals surface area contributed by atoms with Gasteiger partial charge in [0.05, 0.1) is 27.5 Å². The first kappa shape index (κ1) is 38.9. The smallest absolute Gasteiger partial charge is 0.231 e. The molecule has 266 valence electrons. The van der Waals surface area contributed by atoms with Crippen LogP contribution < -0.4 is 10.2 Å². The third kappa shape index (κ3) is 12.4. The van der Waals surface area contributed by atoms with Gasteiger partial charge >= 0.3 is 0 Å². The summed E-state index contributed by atoms with van der Waals surface area (Å²) in [5.41, 5.74) is 8.60. The first-order chi connectivity index (χ1) is 24.8. The van der Waals surface area contributed by atoms with Crippen molar-refractivity contribution in [2.24, 2.45) is 10.2 Å². The van der Waals surface area contributed by atoms with E-state index < -0.39 is 0 Å². The minimum Gasteiger partial charge on any atom is -0.363 e. The van der Waals surface area contributed by atoms with Crippen LogP contribution >= 0.6 is 11.3 Å². The van der Waals surface area contributed by atoms with Crippen LogP contribution in [-0.2, 0) is 30.7 Å². The largest absolute Gasteiger partial charge is 0.363 e. The van der Waals surface area contributed by atoms with Gasteiger partial charge in [0.1, 0.15) is 5.69 Å². The molecule has 0 aliphatic carbocycles. The number of fused-ring (bicyclic) bond motifs is 1. The third-order valence-electron chi connectivity index (χ3n) is 8.54. The summed E-state index contributed by atoms with van der Waals surface area (Å²) < 4.78 is 0.873. The maximum Gasteiger partial charge on any atom is 0.231 e. The van der Waals surface area contributed by atoms with Gasteiger partial charge in [-0.05, 0) is 84.3 Å². The summed E-state index contributed by atoms with van der Waals surface area (Å²) in [7, 11) is 0. The van der Waals surface area contributed by atoms with Crippen LogP contribution in [0.3, 0.4) is 0 Å². The average Bonchev–Trinajstić information content (AvgIpc) is 3.56. The quantitative estimate of drug-likeness (QED) is 0.104. The van der Waals surface area contributed by atoms with Gasteiger partial charge in [-0.25, -0.2) is 4.98 Å². The Morgan fingerprint density at radius 3 is 1.82 bits per heavy atom. The summed E-state index contributed by atoms with van der Waals surface area (Å²) in [5.74, 6) is -0.186. The lowest BCUT2D eigenvalue weighted by molar-refractivity contribution is -0.114. The number of nitriles is 1. The van der Waals surface area contributed by atoms with Gasteiger partial charge in [-0.15, -0.1) is 10.2 Å². The van der Waals surface area contributed by atoms with Crippen molar-refractivity contribution in [2.75, 3.05) is 10.2 Å². The zero-order chi connectivity index (χ0) is 36.4. The summed E-state index contributed by atoms with van der Waals surface area (Å²) in [4.78, 5) is 19.1. The molecule has 0 saturated carbocycles. The van der Waals surface area contributed by atoms with Crippen molar-refractivity contribution < 1.29 is 4.79 Å². The van der Waals surface area contributed by atoms with Gasteiger partial charge in [0.15, 0.2) is 0 Å². The fourth-order valence-corrected chi connectivity index (χ4v) is 6.46. The monoisotopic (exact) mass is 700 g/mol. The molecule has 7 nitrogen and oxygen atoms in total. The molecular weight excluding hydrogens is 649 g/mol. The highest BCUT2D eigenvalue weighted by atomic mass is 32.1. The van der Waals surface area contributed by atoms with Crippen LogP contribution in [0.15, 0.2) is 95.2 Å². The predicted molar refractivity (Wildman–Crippen MR) is 214 cm³/mol. The van der Waals surface area contributed by atoms with Crippen LogP contribution in [0.25, 0.3) is 10.2 Å². The van der Waals surface area contributed by atoms with Crippen molar-refractivity contribution >= 4 is 49.7 Å². The van der Waals surface area contributed by atoms with E-state index in [1.54, 1.807) is 12.1 Å². The van der Waals surface area contributed by atoms with Gasteiger partial charge in [-0.2, -0.15) is 5.26 Å². The number of benzene rings is 4. The van der Waals surface area contributed by atoms with E-state index in [0.29, 0.717) is 35.2 Å². The number of anilines is 2. The molecule has 1 amide bonds. The molecule has 1 aromatic heterocycles. The Morgan fingerprint density at radius 2 is 1.31 bits per heavy atom. The molecule has 0 aliphatic rings. The van der Waals surface area contributed by atoms with Crippen molar-refractivity contribution in [3.63, 3.8) is 0 Å². The molecule has 0 atom stereocenters. The molecule has 0 radical (unpaired) electrons. The summed E-state index contributed by atoms with van der Waals surface area (Å²) >= 11 is 1.37. The molecule has 0 unspecified atom stereocenters. The number of carbonyl (C=O) groups excluding carboxylic acids is 1. The molecule has 5 rings (SSSR count). The molecule has 1 N–H and O–H groups in total. The average molecular weight is 701 g/mol. The molecule has 0 aliphatic heterocycles. The van der Waals surface area contributed by atoms with E-state index in [9.17, 15) is 10.1 Å². The Balaban J connectivity index is 0.00000109. The summed E-state index contributed by atoms with van der Waals surface area (Å²) in [6, 6.07) is 31.2. The van der Waals surface area contributed by atoms with Crippen LogP contribution in [0.2, 0.25) is 0 Å². The van der Waals surface area contributed by atoms with Gasteiger partial charge in [0.2, 0.25) is 11.0 Å². The van der Waals surface area contributed by atoms with E-state index >= 15 is 0 Å². The van der Waals surface area contributed by atoms with Gasteiger partial charge in [0.25, 0.3) is 0 Å². The highest BCUT2D eigenvalue weighted by Gasteiger charge is 2.14. The Kier molecular flexibility index (Phi) is 15.8. The van der Waals surface area contributed by atoms with Crippen molar-refractivity contribution in [1.29, 1.82) is 5.26 Å². The number of rotatable bonds is 16. The number of nitrogens with zero attached hydrogens (tertiary/aromatic N) is 5. The number of carbonyl (C=O) groups is 1. The Bertz CT molecular complexity index is 1830. The van der Waals surface area contributed by atoms with E-state index in [1.807, 2.05) is 24.3 Å². The van der Waals surface area contributed by atoms with Gasteiger partial charge in [-0.1, -0.05) is 120 Å². The number of unbranched alkanes of at least 4 members (excludes halogenated alkanes) is 4. The topological polar surface area (TPSA) is 93.7 Å². The summed E-state index contributed by atoms with van der Waals surface area (Å²) in [5, 5.41) is 21.5. The molecule has 0 fully saturated rings. The van der Waals surface area contributed by atoms with Crippen molar-refractivity contribution in [2.45, 2.75) is 105 Å². The normalized spacial score (nSPS) is 10.9. The standard InChI is InChI=1S/C38H40N6OS.C5H12/c1-4-6-8-28-10-14-30(15-11-28)25-44(26-31-16-12-29(13-17-31)9-7-5-2)33-19-21-34(36(23-33)40-27(3)45)42-43-38-41-35-20-18-32(24-39)22-37(35)46-38;1-3-5-4-2/h10-23H,4-9,25-26H2,1-3H3,(H,40,45);3-5H2,1-2H3. The molecule has 0 spiro atoms. The number of aromatic nitrogens is 1. The maximum absolute atomic E-state index is 12.3. The molecule has 8 heteroatoms. The zero-order valence-corrected chi connectivity index (χ0v) is 31.7. The molecule has 0 bridgehead atoms. The number of hydrogen-bond acceptors (Lipinski definition) is 7. The Labute approximate surface area is 308 Å². The second-order valence-electron chi connectivity index (χ2n) is 12.9. The summed E-state index contributed by atoms with van der Waals surface area (Å²) in [6.45, 7) is 11.8. The molecule has 5 aromatic rings. The second-order valence-corrected chi connectivity index (χ2v) is 13.9. The van der Waals surface area contributed by atoms with Gasteiger partial charge < -0.3 is 10.2 Å². The van der Waals surface area contributed by atoms with Crippen LogP contribution in [0.5, 0.6) is 0 Å². The van der Waals surface area contributed by atoms with E-state index in [1.165, 1.54) is 85.5 Å². The van der Waals surface area contributed by atoms with Crippen LogP contribution in [0.1, 0.15) is 107 Å². The van der Waals surface area contributed by atoms with Gasteiger partial charge in [-0.3, -0.25) is 4.79 Å². The maximum atomic E-state index is 12.3. The molecule has 0 saturated heterocycles. The fourth-order valence-electron chi connectivity index (χ4n) is 5.64. The highest BCUT2D eigenvalue weighted by Crippen LogP contribution is 2.35. The van der Waals surface area contributed by atoms with Gasteiger partial charge in [0, 0.05) is 25.7 Å². The number of aryl methyl sites for hydroxylation is 2. The molecule has 1 heterocycles.